The van der Waals surface area contributed by atoms with Crippen LogP contribution in [0.4, 0.5) is 0 Å². The number of carboxylic acid groups (broad SMARTS) is 1. The Morgan fingerprint density at radius 3 is 2.95 bits per heavy atom. The Morgan fingerprint density at radius 2 is 2.25 bits per heavy atom. The van der Waals surface area contributed by atoms with Crippen LogP contribution < -0.4 is 5.73 Å². The average molecular weight is 280 g/mol. The summed E-state index contributed by atoms with van der Waals surface area (Å²) >= 11 is 0. The molecule has 2 aromatic heterocycles. The third-order valence-corrected chi connectivity index (χ3v) is 2.68. The van der Waals surface area contributed by atoms with Crippen LogP contribution in [0.15, 0.2) is 6.20 Å². The van der Waals surface area contributed by atoms with Crippen LogP contribution in [0, 0.1) is 0 Å². The molecule has 0 saturated heterocycles. The second-order valence-corrected chi connectivity index (χ2v) is 4.37. The van der Waals surface area contributed by atoms with E-state index < -0.39 is 12.0 Å². The van der Waals surface area contributed by atoms with Gasteiger partial charge in [0.05, 0.1) is 5.69 Å². The maximum Gasteiger partial charge on any atom is 0.320 e. The molecular formula is C10H16N8O2. The van der Waals surface area contributed by atoms with Crippen LogP contribution >= 0.6 is 0 Å². The zero-order valence-corrected chi connectivity index (χ0v) is 11.0. The van der Waals surface area contributed by atoms with E-state index in [-0.39, 0.29) is 6.42 Å². The van der Waals surface area contributed by atoms with E-state index >= 15 is 0 Å². The standard InChI is InChI=1S/C10H16N8O2/c1-2-3-18-9(13-14-16-18)6-17-5-7(12-15-17)4-8(11)10(19)20/h5,8H,2-4,6,11H2,1H3,(H,19,20). The normalized spacial score (nSPS) is 12.5. The summed E-state index contributed by atoms with van der Waals surface area (Å²) in [6.45, 7) is 3.14. The van der Waals surface area contributed by atoms with Crippen LogP contribution in [0.1, 0.15) is 24.9 Å². The Labute approximate surface area is 114 Å². The van der Waals surface area contributed by atoms with Gasteiger partial charge in [-0.3, -0.25) is 4.79 Å². The van der Waals surface area contributed by atoms with Crippen LogP contribution in [0.5, 0.6) is 0 Å². The van der Waals surface area contributed by atoms with Gasteiger partial charge in [0.25, 0.3) is 0 Å². The molecule has 0 spiro atoms. The number of hydrogen-bond acceptors (Lipinski definition) is 7. The number of aryl methyl sites for hydroxylation is 1. The van der Waals surface area contributed by atoms with Crippen molar-refractivity contribution < 1.29 is 9.90 Å². The number of nitrogens with zero attached hydrogens (tertiary/aromatic N) is 7. The number of nitrogens with two attached hydrogens (primary N) is 1. The maximum atomic E-state index is 10.7. The van der Waals surface area contributed by atoms with Crippen molar-refractivity contribution in [1.29, 1.82) is 0 Å². The number of carbonyl (C=O) groups is 1. The minimum atomic E-state index is -1.06. The molecule has 0 aliphatic rings. The van der Waals surface area contributed by atoms with Crippen molar-refractivity contribution in [3.05, 3.63) is 17.7 Å². The van der Waals surface area contributed by atoms with Gasteiger partial charge in [-0.2, -0.15) is 0 Å². The van der Waals surface area contributed by atoms with E-state index in [4.69, 9.17) is 10.8 Å². The van der Waals surface area contributed by atoms with Crippen LogP contribution in [0.2, 0.25) is 0 Å². The van der Waals surface area contributed by atoms with Gasteiger partial charge in [-0.15, -0.1) is 10.2 Å². The fourth-order valence-corrected chi connectivity index (χ4v) is 1.69. The fourth-order valence-electron chi connectivity index (χ4n) is 1.69. The first-order valence-electron chi connectivity index (χ1n) is 6.22. The lowest BCUT2D eigenvalue weighted by Crippen LogP contribution is -2.32. The molecule has 1 unspecified atom stereocenters. The lowest BCUT2D eigenvalue weighted by molar-refractivity contribution is -0.138. The summed E-state index contributed by atoms with van der Waals surface area (Å²) in [6.07, 6.45) is 2.71. The number of aromatic nitrogens is 7. The third kappa shape index (κ3) is 3.35. The lowest BCUT2D eigenvalue weighted by atomic mass is 10.2. The number of carboxylic acids is 1. The van der Waals surface area contributed by atoms with Gasteiger partial charge in [-0.1, -0.05) is 12.1 Å². The Kier molecular flexibility index (Phi) is 4.35. The second kappa shape index (κ2) is 6.19. The van der Waals surface area contributed by atoms with Crippen molar-refractivity contribution in [3.63, 3.8) is 0 Å². The summed E-state index contributed by atoms with van der Waals surface area (Å²) in [5.74, 6) is -0.391. The van der Waals surface area contributed by atoms with Gasteiger partial charge in [0.15, 0.2) is 5.82 Å². The lowest BCUT2D eigenvalue weighted by Gasteiger charge is -2.02. The molecule has 108 valence electrons. The van der Waals surface area contributed by atoms with E-state index in [1.807, 2.05) is 6.92 Å². The van der Waals surface area contributed by atoms with Gasteiger partial charge in [-0.05, 0) is 16.8 Å². The van der Waals surface area contributed by atoms with E-state index in [0.717, 1.165) is 13.0 Å². The van der Waals surface area contributed by atoms with Gasteiger partial charge in [-0.25, -0.2) is 9.36 Å². The molecular weight excluding hydrogens is 264 g/mol. The van der Waals surface area contributed by atoms with Crippen molar-refractivity contribution in [2.45, 2.75) is 38.9 Å². The van der Waals surface area contributed by atoms with Gasteiger partial charge in [0.2, 0.25) is 0 Å². The van der Waals surface area contributed by atoms with Crippen molar-refractivity contribution >= 4 is 5.97 Å². The van der Waals surface area contributed by atoms with Gasteiger partial charge < -0.3 is 10.8 Å². The van der Waals surface area contributed by atoms with Crippen LogP contribution in [0.3, 0.4) is 0 Å². The highest BCUT2D eigenvalue weighted by atomic mass is 16.4. The highest BCUT2D eigenvalue weighted by molar-refractivity contribution is 5.73. The first-order valence-corrected chi connectivity index (χ1v) is 6.22. The summed E-state index contributed by atoms with van der Waals surface area (Å²) in [5, 5.41) is 28.0. The predicted molar refractivity (Wildman–Crippen MR) is 66.5 cm³/mol. The molecule has 2 heterocycles. The molecule has 0 aliphatic heterocycles. The van der Waals surface area contributed by atoms with Gasteiger partial charge in [0.1, 0.15) is 12.6 Å². The molecule has 0 radical (unpaired) electrons. The third-order valence-electron chi connectivity index (χ3n) is 2.68. The van der Waals surface area contributed by atoms with E-state index in [2.05, 4.69) is 25.8 Å². The van der Waals surface area contributed by atoms with Crippen molar-refractivity contribution in [2.24, 2.45) is 5.73 Å². The zero-order chi connectivity index (χ0) is 14.5. The van der Waals surface area contributed by atoms with Crippen LogP contribution in [0.25, 0.3) is 0 Å². The summed E-state index contributed by atoms with van der Waals surface area (Å²) < 4.78 is 3.26. The minimum absolute atomic E-state index is 0.134. The van der Waals surface area contributed by atoms with Crippen LogP contribution in [-0.4, -0.2) is 52.3 Å². The fraction of sp³-hybridized carbons (Fsp3) is 0.600. The van der Waals surface area contributed by atoms with Crippen molar-refractivity contribution in [3.8, 4) is 0 Å². The summed E-state index contributed by atoms with van der Waals surface area (Å²) in [6, 6.07) is -0.981. The molecule has 1 atom stereocenters. The van der Waals surface area contributed by atoms with E-state index in [1.165, 1.54) is 0 Å². The average Bonchev–Trinajstić information content (AvgIpc) is 3.01. The Hall–Kier alpha value is -2.36. The highest BCUT2D eigenvalue weighted by Crippen LogP contribution is 2.01. The molecule has 20 heavy (non-hydrogen) atoms. The Balaban J connectivity index is 2.02. The molecule has 10 nitrogen and oxygen atoms in total. The smallest absolute Gasteiger partial charge is 0.320 e. The maximum absolute atomic E-state index is 10.7. The first kappa shape index (κ1) is 14.1. The Morgan fingerprint density at radius 1 is 1.45 bits per heavy atom. The summed E-state index contributed by atoms with van der Waals surface area (Å²) in [7, 11) is 0. The molecule has 0 bridgehead atoms. The van der Waals surface area contributed by atoms with Gasteiger partial charge >= 0.3 is 5.97 Å². The molecule has 10 heteroatoms. The molecule has 2 aromatic rings. The zero-order valence-electron chi connectivity index (χ0n) is 11.0. The predicted octanol–water partition coefficient (Wildman–Crippen LogP) is -1.32. The first-order chi connectivity index (χ1) is 9.60. The molecule has 0 aliphatic carbocycles. The highest BCUT2D eigenvalue weighted by Gasteiger charge is 2.15. The SMILES string of the molecule is CCCn1nnnc1Cn1cc(CC(N)C(=O)O)nn1. The monoisotopic (exact) mass is 280 g/mol. The second-order valence-electron chi connectivity index (χ2n) is 4.37. The number of aliphatic carboxylic acids is 1. The molecule has 3 N–H and O–H groups in total. The summed E-state index contributed by atoms with van der Waals surface area (Å²) in [5.41, 5.74) is 5.97. The largest absolute Gasteiger partial charge is 0.480 e. The van der Waals surface area contributed by atoms with Gasteiger partial charge in [0, 0.05) is 19.2 Å². The number of tetrazole rings is 1. The number of rotatable bonds is 7. The molecule has 2 rings (SSSR count). The minimum Gasteiger partial charge on any atom is -0.480 e. The molecule has 0 aromatic carbocycles. The molecule has 0 amide bonds. The molecule has 0 fully saturated rings. The quantitative estimate of drug-likeness (QED) is 0.636. The van der Waals surface area contributed by atoms with E-state index in [1.54, 1.807) is 15.6 Å². The Bertz CT molecular complexity index is 577. The van der Waals surface area contributed by atoms with Crippen LogP contribution in [-0.2, 0) is 24.3 Å². The van der Waals surface area contributed by atoms with E-state index in [0.29, 0.717) is 18.1 Å². The summed E-state index contributed by atoms with van der Waals surface area (Å²) in [4.78, 5) is 10.7. The molecule has 0 saturated carbocycles. The topological polar surface area (TPSA) is 138 Å². The number of hydrogen-bond donors (Lipinski definition) is 2. The van der Waals surface area contributed by atoms with Crippen molar-refractivity contribution in [1.82, 2.24) is 35.2 Å². The van der Waals surface area contributed by atoms with E-state index in [9.17, 15) is 4.79 Å². The van der Waals surface area contributed by atoms with Crippen molar-refractivity contribution in [2.75, 3.05) is 0 Å².